The summed E-state index contributed by atoms with van der Waals surface area (Å²) in [4.78, 5) is 16.5. The first-order valence-corrected chi connectivity index (χ1v) is 10.4. The number of aromatic nitrogens is 1. The quantitative estimate of drug-likeness (QED) is 0.626. The van der Waals surface area contributed by atoms with Gasteiger partial charge in [-0.05, 0) is 54.4 Å². The van der Waals surface area contributed by atoms with E-state index >= 15 is 0 Å². The van der Waals surface area contributed by atoms with E-state index in [1.54, 1.807) is 0 Å². The molecule has 0 spiro atoms. The Bertz CT molecular complexity index is 1080. The van der Waals surface area contributed by atoms with Crippen LogP contribution in [-0.4, -0.2) is 19.3 Å². The van der Waals surface area contributed by atoms with Crippen molar-refractivity contribution >= 4 is 38.9 Å². The Morgan fingerprint density at radius 3 is 2.32 bits per heavy atom. The molecule has 1 aromatic heterocycles. The van der Waals surface area contributed by atoms with E-state index < -0.39 is 10.0 Å². The third-order valence-corrected chi connectivity index (χ3v) is 5.65. The van der Waals surface area contributed by atoms with Crippen molar-refractivity contribution in [3.8, 4) is 0 Å². The predicted octanol–water partition coefficient (Wildman–Crippen LogP) is 4.35. The Balaban J connectivity index is 1.75. The van der Waals surface area contributed by atoms with Crippen LogP contribution in [0, 0.1) is 0 Å². The van der Waals surface area contributed by atoms with Gasteiger partial charge >= 0.3 is 0 Å². The molecule has 0 saturated carbocycles. The van der Waals surface area contributed by atoms with Gasteiger partial charge in [-0.2, -0.15) is 0 Å². The highest BCUT2D eigenvalue weighted by atomic mass is 35.5. The number of amides is 1. The molecule has 0 saturated heterocycles. The lowest BCUT2D eigenvalue weighted by atomic mass is 10.1. The van der Waals surface area contributed by atoms with Gasteiger partial charge in [0.1, 0.15) is 0 Å². The summed E-state index contributed by atoms with van der Waals surface area (Å²) in [6, 6.07) is 14.7. The summed E-state index contributed by atoms with van der Waals surface area (Å²) in [5.41, 5.74) is 2.23. The van der Waals surface area contributed by atoms with Crippen LogP contribution in [0.3, 0.4) is 0 Å². The molecule has 0 aliphatic rings. The number of pyridine rings is 1. The minimum Gasteiger partial charge on any atom is -0.322 e. The van der Waals surface area contributed by atoms with Crippen molar-refractivity contribution in [2.75, 3.05) is 10.0 Å². The maximum absolute atomic E-state index is 12.5. The Labute approximate surface area is 168 Å². The molecule has 28 heavy (non-hydrogen) atoms. The van der Waals surface area contributed by atoms with Crippen LogP contribution in [0.1, 0.15) is 22.8 Å². The fraction of sp³-hybridized carbons (Fsp3) is 0.100. The van der Waals surface area contributed by atoms with Gasteiger partial charge in [0.15, 0.2) is 0 Å². The maximum Gasteiger partial charge on any atom is 0.261 e. The predicted molar refractivity (Wildman–Crippen MR) is 110 cm³/mol. The van der Waals surface area contributed by atoms with Gasteiger partial charge in [0.25, 0.3) is 15.9 Å². The Hall–Kier alpha value is -2.90. The molecule has 0 atom stereocenters. The molecule has 2 N–H and O–H groups in total. The Morgan fingerprint density at radius 1 is 1.00 bits per heavy atom. The molecule has 144 valence electrons. The summed E-state index contributed by atoms with van der Waals surface area (Å²) in [6.07, 6.45) is 3.62. The third kappa shape index (κ3) is 4.88. The van der Waals surface area contributed by atoms with Crippen LogP contribution in [0.4, 0.5) is 11.4 Å². The van der Waals surface area contributed by atoms with Gasteiger partial charge in [0.2, 0.25) is 0 Å². The molecule has 0 aliphatic carbocycles. The number of halogens is 1. The lowest BCUT2D eigenvalue weighted by Gasteiger charge is -2.10. The average Bonchev–Trinajstić information content (AvgIpc) is 2.69. The summed E-state index contributed by atoms with van der Waals surface area (Å²) >= 11 is 5.79. The minimum absolute atomic E-state index is 0.0581. The molecule has 3 rings (SSSR count). The normalized spacial score (nSPS) is 11.1. The molecule has 8 heteroatoms. The zero-order valence-corrected chi connectivity index (χ0v) is 16.6. The molecular formula is C20H18ClN3O3S. The number of hydrogen-bond donors (Lipinski definition) is 2. The Kier molecular flexibility index (Phi) is 5.96. The van der Waals surface area contributed by atoms with Crippen LogP contribution in [0.15, 0.2) is 71.9 Å². The van der Waals surface area contributed by atoms with Crippen molar-refractivity contribution < 1.29 is 13.2 Å². The van der Waals surface area contributed by atoms with E-state index in [2.05, 4.69) is 21.9 Å². The van der Waals surface area contributed by atoms with Crippen LogP contribution in [0.5, 0.6) is 0 Å². The maximum atomic E-state index is 12.5. The summed E-state index contributed by atoms with van der Waals surface area (Å²) < 4.78 is 27.3. The van der Waals surface area contributed by atoms with Crippen molar-refractivity contribution in [2.24, 2.45) is 0 Å². The molecule has 2 aromatic carbocycles. The first kappa shape index (κ1) is 19.9. The molecule has 0 bridgehead atoms. The van der Waals surface area contributed by atoms with Gasteiger partial charge in [-0.15, -0.1) is 0 Å². The topological polar surface area (TPSA) is 88.2 Å². The van der Waals surface area contributed by atoms with Crippen molar-refractivity contribution in [1.29, 1.82) is 0 Å². The number of hydrogen-bond acceptors (Lipinski definition) is 4. The number of carbonyl (C=O) groups excluding carboxylic acids is 1. The first-order valence-electron chi connectivity index (χ1n) is 8.51. The van der Waals surface area contributed by atoms with Gasteiger partial charge in [-0.1, -0.05) is 30.7 Å². The fourth-order valence-electron chi connectivity index (χ4n) is 2.47. The number of rotatable bonds is 6. The van der Waals surface area contributed by atoms with Gasteiger partial charge in [0, 0.05) is 16.9 Å². The molecule has 3 aromatic rings. The van der Waals surface area contributed by atoms with E-state index in [1.807, 2.05) is 24.3 Å². The van der Waals surface area contributed by atoms with E-state index in [0.717, 1.165) is 6.42 Å². The third-order valence-electron chi connectivity index (χ3n) is 4.00. The highest BCUT2D eigenvalue weighted by molar-refractivity contribution is 7.92. The number of anilines is 2. The van der Waals surface area contributed by atoms with E-state index in [4.69, 9.17) is 11.6 Å². The molecular weight excluding hydrogens is 398 g/mol. The molecule has 0 unspecified atom stereocenters. The van der Waals surface area contributed by atoms with Crippen LogP contribution < -0.4 is 10.0 Å². The number of nitrogens with one attached hydrogen (secondary N) is 2. The lowest BCUT2D eigenvalue weighted by Crippen LogP contribution is -2.15. The monoisotopic (exact) mass is 415 g/mol. The Morgan fingerprint density at radius 2 is 1.68 bits per heavy atom. The largest absolute Gasteiger partial charge is 0.322 e. The second-order valence-electron chi connectivity index (χ2n) is 6.03. The van der Waals surface area contributed by atoms with Gasteiger partial charge in [-0.3, -0.25) is 14.5 Å². The standard InChI is InChI=1S/C20H18ClN3O3S/c1-2-14-3-7-17(8-4-14)23-20(25)15-11-18(13-22-12-15)24-28(26,27)19-9-5-16(21)6-10-19/h3-13,24H,2H2,1H3,(H,23,25). The molecule has 0 radical (unpaired) electrons. The van der Waals surface area contributed by atoms with Crippen molar-refractivity contribution in [2.45, 2.75) is 18.2 Å². The zero-order valence-electron chi connectivity index (χ0n) is 15.0. The second kappa shape index (κ2) is 8.41. The van der Waals surface area contributed by atoms with Crippen LogP contribution in [0.2, 0.25) is 5.02 Å². The smallest absolute Gasteiger partial charge is 0.261 e. The summed E-state index contributed by atoms with van der Waals surface area (Å²) in [6.45, 7) is 2.05. The summed E-state index contributed by atoms with van der Waals surface area (Å²) in [5.74, 6) is -0.385. The van der Waals surface area contributed by atoms with Crippen LogP contribution in [-0.2, 0) is 16.4 Å². The van der Waals surface area contributed by atoms with E-state index in [1.165, 1.54) is 48.3 Å². The summed E-state index contributed by atoms with van der Waals surface area (Å²) in [5, 5.41) is 3.20. The van der Waals surface area contributed by atoms with Crippen LogP contribution in [0.25, 0.3) is 0 Å². The number of aryl methyl sites for hydroxylation is 1. The highest BCUT2D eigenvalue weighted by Gasteiger charge is 2.15. The summed E-state index contributed by atoms with van der Waals surface area (Å²) in [7, 11) is -3.82. The lowest BCUT2D eigenvalue weighted by molar-refractivity contribution is 0.102. The number of benzene rings is 2. The van der Waals surface area contributed by atoms with Gasteiger partial charge in [0.05, 0.1) is 22.3 Å². The first-order chi connectivity index (χ1) is 13.4. The number of sulfonamides is 1. The second-order valence-corrected chi connectivity index (χ2v) is 8.15. The molecule has 0 fully saturated rings. The van der Waals surface area contributed by atoms with Crippen molar-refractivity contribution in [3.63, 3.8) is 0 Å². The average molecular weight is 416 g/mol. The fourth-order valence-corrected chi connectivity index (χ4v) is 3.63. The van der Waals surface area contributed by atoms with Crippen molar-refractivity contribution in [3.05, 3.63) is 83.1 Å². The van der Waals surface area contributed by atoms with Crippen molar-refractivity contribution in [1.82, 2.24) is 4.98 Å². The van der Waals surface area contributed by atoms with E-state index in [-0.39, 0.29) is 22.1 Å². The molecule has 1 amide bonds. The highest BCUT2D eigenvalue weighted by Crippen LogP contribution is 2.19. The van der Waals surface area contributed by atoms with E-state index in [0.29, 0.717) is 10.7 Å². The molecule has 0 aliphatic heterocycles. The van der Waals surface area contributed by atoms with Gasteiger partial charge in [-0.25, -0.2) is 8.42 Å². The molecule has 6 nitrogen and oxygen atoms in total. The number of nitrogens with zero attached hydrogens (tertiary/aromatic N) is 1. The minimum atomic E-state index is -3.82. The zero-order chi connectivity index (χ0) is 20.1. The van der Waals surface area contributed by atoms with Crippen LogP contribution >= 0.6 is 11.6 Å². The van der Waals surface area contributed by atoms with Gasteiger partial charge < -0.3 is 5.32 Å². The SMILES string of the molecule is CCc1ccc(NC(=O)c2cncc(NS(=O)(=O)c3ccc(Cl)cc3)c2)cc1. The number of carbonyl (C=O) groups is 1. The van der Waals surface area contributed by atoms with E-state index in [9.17, 15) is 13.2 Å². The molecule has 1 heterocycles.